The van der Waals surface area contributed by atoms with Crippen molar-refractivity contribution < 1.29 is 17.9 Å². The number of fused-ring (bicyclic) bond motifs is 1. The first-order valence-corrected chi connectivity index (χ1v) is 13.4. The summed E-state index contributed by atoms with van der Waals surface area (Å²) < 4.78 is 33.5. The van der Waals surface area contributed by atoms with Gasteiger partial charge in [0, 0.05) is 0 Å². The summed E-state index contributed by atoms with van der Waals surface area (Å²) in [6.07, 6.45) is 4.56. The summed E-state index contributed by atoms with van der Waals surface area (Å²) in [4.78, 5) is 13.2. The minimum Gasteiger partial charge on any atom is -0.497 e. The molecular weight excluding hydrogens is 460 g/mol. The second-order valence-electron chi connectivity index (χ2n) is 9.05. The Balaban J connectivity index is 1.57. The number of hydrogen-bond acceptors (Lipinski definition) is 4. The summed E-state index contributed by atoms with van der Waals surface area (Å²) in [6.45, 7) is 3.49. The van der Waals surface area contributed by atoms with Crippen LogP contribution in [0.5, 0.6) is 5.75 Å². The highest BCUT2D eigenvalue weighted by Crippen LogP contribution is 2.27. The lowest BCUT2D eigenvalue weighted by molar-refractivity contribution is -0.120. The van der Waals surface area contributed by atoms with E-state index in [0.717, 1.165) is 28.3 Å². The maximum absolute atomic E-state index is 13.6. The zero-order valence-electron chi connectivity index (χ0n) is 20.5. The smallest absolute Gasteiger partial charge is 0.264 e. The van der Waals surface area contributed by atoms with Crippen molar-refractivity contribution in [1.29, 1.82) is 0 Å². The summed E-state index contributed by atoms with van der Waals surface area (Å²) in [5.41, 5.74) is 5.10. The van der Waals surface area contributed by atoms with Gasteiger partial charge in [0.05, 0.1) is 23.7 Å². The fourth-order valence-electron chi connectivity index (χ4n) is 4.42. The molecule has 1 atom stereocenters. The Morgan fingerprint density at radius 1 is 0.971 bits per heavy atom. The number of nitrogens with one attached hydrogen (secondary N) is 1. The largest absolute Gasteiger partial charge is 0.497 e. The Morgan fingerprint density at radius 2 is 1.63 bits per heavy atom. The Labute approximate surface area is 208 Å². The molecule has 0 heterocycles. The number of sulfonamides is 1. The first-order valence-electron chi connectivity index (χ1n) is 11.9. The topological polar surface area (TPSA) is 75.7 Å². The van der Waals surface area contributed by atoms with Gasteiger partial charge >= 0.3 is 0 Å². The van der Waals surface area contributed by atoms with Gasteiger partial charge in [0.15, 0.2) is 0 Å². The van der Waals surface area contributed by atoms with Gasteiger partial charge in [-0.2, -0.15) is 0 Å². The Bertz CT molecular complexity index is 1290. The molecule has 35 heavy (non-hydrogen) atoms. The van der Waals surface area contributed by atoms with E-state index in [1.165, 1.54) is 24.0 Å². The second kappa shape index (κ2) is 10.5. The molecular formula is C28H32N2O4S. The molecule has 0 spiro atoms. The van der Waals surface area contributed by atoms with Crippen LogP contribution < -0.4 is 14.4 Å². The Hall–Kier alpha value is -3.32. The van der Waals surface area contributed by atoms with E-state index in [-0.39, 0.29) is 23.4 Å². The van der Waals surface area contributed by atoms with E-state index in [1.807, 2.05) is 13.8 Å². The molecule has 7 heteroatoms. The van der Waals surface area contributed by atoms with Crippen LogP contribution in [0.25, 0.3) is 0 Å². The predicted molar refractivity (Wildman–Crippen MR) is 138 cm³/mol. The van der Waals surface area contributed by atoms with E-state index in [9.17, 15) is 13.2 Å². The first-order chi connectivity index (χ1) is 16.8. The molecule has 1 aliphatic rings. The number of amides is 1. The Morgan fingerprint density at radius 3 is 2.29 bits per heavy atom. The normalized spacial score (nSPS) is 14.0. The molecule has 4 rings (SSSR count). The molecule has 0 aromatic heterocycles. The molecule has 0 bridgehead atoms. The number of anilines is 1. The monoisotopic (exact) mass is 492 g/mol. The van der Waals surface area contributed by atoms with E-state index in [2.05, 4.69) is 23.5 Å². The number of nitrogens with zero attached hydrogens (tertiary/aromatic N) is 1. The van der Waals surface area contributed by atoms with Crippen molar-refractivity contribution in [2.45, 2.75) is 50.5 Å². The van der Waals surface area contributed by atoms with Crippen LogP contribution in [-0.2, 0) is 27.7 Å². The van der Waals surface area contributed by atoms with Gasteiger partial charge in [-0.1, -0.05) is 35.9 Å². The van der Waals surface area contributed by atoms with Crippen LogP contribution in [0.4, 0.5) is 5.69 Å². The van der Waals surface area contributed by atoms with E-state index < -0.39 is 10.0 Å². The Kier molecular flexibility index (Phi) is 7.45. The van der Waals surface area contributed by atoms with Crippen molar-refractivity contribution in [2.75, 3.05) is 18.0 Å². The summed E-state index contributed by atoms with van der Waals surface area (Å²) >= 11 is 0. The molecule has 6 nitrogen and oxygen atoms in total. The quantitative estimate of drug-likeness (QED) is 0.483. The standard InChI is InChI=1S/C28H32N2O4S/c1-20-8-16-27(17-9-20)35(32,33)30(25-12-14-26(34-3)15-13-25)19-28(31)29-21(2)23-11-10-22-6-4-5-7-24(22)18-23/h8-18,21H,4-7,19H2,1-3H3,(H,29,31)/t21-/m1/s1. The van der Waals surface area contributed by atoms with Gasteiger partial charge in [0.25, 0.3) is 10.0 Å². The van der Waals surface area contributed by atoms with E-state index in [4.69, 9.17) is 4.74 Å². The summed E-state index contributed by atoms with van der Waals surface area (Å²) in [6, 6.07) is 19.4. The molecule has 3 aromatic carbocycles. The maximum atomic E-state index is 13.6. The number of ether oxygens (including phenoxy) is 1. The van der Waals surface area contributed by atoms with Gasteiger partial charge in [-0.25, -0.2) is 8.42 Å². The van der Waals surface area contributed by atoms with E-state index in [0.29, 0.717) is 11.4 Å². The third-order valence-corrected chi connectivity index (χ3v) is 8.29. The maximum Gasteiger partial charge on any atom is 0.264 e. The number of hydrogen-bond donors (Lipinski definition) is 1. The molecule has 0 saturated heterocycles. The molecule has 1 N–H and O–H groups in total. The van der Waals surface area contributed by atoms with Gasteiger partial charge in [-0.05, 0) is 92.6 Å². The highest BCUT2D eigenvalue weighted by atomic mass is 32.2. The lowest BCUT2D eigenvalue weighted by Crippen LogP contribution is -2.41. The van der Waals surface area contributed by atoms with Crippen molar-refractivity contribution in [3.05, 3.63) is 89.0 Å². The van der Waals surface area contributed by atoms with Crippen molar-refractivity contribution >= 4 is 21.6 Å². The fourth-order valence-corrected chi connectivity index (χ4v) is 5.85. The molecule has 1 aliphatic carbocycles. The van der Waals surface area contributed by atoms with Crippen LogP contribution in [0.3, 0.4) is 0 Å². The predicted octanol–water partition coefficient (Wildman–Crippen LogP) is 4.96. The zero-order valence-corrected chi connectivity index (χ0v) is 21.3. The average Bonchev–Trinajstić information content (AvgIpc) is 2.87. The van der Waals surface area contributed by atoms with E-state index >= 15 is 0 Å². The molecule has 1 amide bonds. The molecule has 0 saturated carbocycles. The van der Waals surface area contributed by atoms with Crippen LogP contribution in [0.2, 0.25) is 0 Å². The number of methoxy groups -OCH3 is 1. The highest BCUT2D eigenvalue weighted by molar-refractivity contribution is 7.92. The lowest BCUT2D eigenvalue weighted by atomic mass is 9.89. The lowest BCUT2D eigenvalue weighted by Gasteiger charge is -2.26. The van der Waals surface area contributed by atoms with Crippen molar-refractivity contribution in [1.82, 2.24) is 5.32 Å². The minimum absolute atomic E-state index is 0.134. The highest BCUT2D eigenvalue weighted by Gasteiger charge is 2.28. The van der Waals surface area contributed by atoms with Crippen LogP contribution in [0.1, 0.15) is 48.1 Å². The van der Waals surface area contributed by atoms with Crippen LogP contribution in [0, 0.1) is 6.92 Å². The summed E-state index contributed by atoms with van der Waals surface area (Å²) in [5, 5.41) is 2.99. The van der Waals surface area contributed by atoms with Crippen LogP contribution >= 0.6 is 0 Å². The van der Waals surface area contributed by atoms with Gasteiger partial charge < -0.3 is 10.1 Å². The van der Waals surface area contributed by atoms with Crippen molar-refractivity contribution in [2.24, 2.45) is 0 Å². The van der Waals surface area contributed by atoms with Gasteiger partial charge in [-0.15, -0.1) is 0 Å². The van der Waals surface area contributed by atoms with Crippen LogP contribution in [-0.4, -0.2) is 28.0 Å². The SMILES string of the molecule is COc1ccc(N(CC(=O)N[C@H](C)c2ccc3c(c2)CCCC3)S(=O)(=O)c2ccc(C)cc2)cc1. The number of aryl methyl sites for hydroxylation is 3. The fraction of sp³-hybridized carbons (Fsp3) is 0.321. The second-order valence-corrected chi connectivity index (χ2v) is 10.9. The number of benzene rings is 3. The van der Waals surface area contributed by atoms with Crippen molar-refractivity contribution in [3.8, 4) is 5.75 Å². The molecule has 0 radical (unpaired) electrons. The third-order valence-electron chi connectivity index (χ3n) is 6.51. The zero-order chi connectivity index (χ0) is 25.0. The van der Waals surface area contributed by atoms with Gasteiger partial charge in [0.1, 0.15) is 12.3 Å². The molecule has 0 aliphatic heterocycles. The molecule has 3 aromatic rings. The minimum atomic E-state index is -3.97. The first kappa shape index (κ1) is 24.8. The van der Waals surface area contributed by atoms with Gasteiger partial charge in [0.2, 0.25) is 5.91 Å². The number of carbonyl (C=O) groups excluding carboxylic acids is 1. The third kappa shape index (κ3) is 5.68. The summed E-state index contributed by atoms with van der Waals surface area (Å²) in [7, 11) is -2.42. The van der Waals surface area contributed by atoms with Gasteiger partial charge in [-0.3, -0.25) is 9.10 Å². The molecule has 0 fully saturated rings. The molecule has 0 unspecified atom stereocenters. The average molecular weight is 493 g/mol. The summed E-state index contributed by atoms with van der Waals surface area (Å²) in [5.74, 6) is 0.230. The number of rotatable bonds is 8. The van der Waals surface area contributed by atoms with Crippen LogP contribution in [0.15, 0.2) is 71.6 Å². The van der Waals surface area contributed by atoms with Crippen molar-refractivity contribution in [3.63, 3.8) is 0 Å². The number of carbonyl (C=O) groups is 1. The van der Waals surface area contributed by atoms with E-state index in [1.54, 1.807) is 55.6 Å². The molecule has 184 valence electrons.